The van der Waals surface area contributed by atoms with Crippen LogP contribution in [0.3, 0.4) is 0 Å². The van der Waals surface area contributed by atoms with E-state index in [0.717, 1.165) is 40.9 Å². The highest BCUT2D eigenvalue weighted by Crippen LogP contribution is 2.32. The standard InChI is InChI=1S/C25H24FN5O2S/c1-15-29-30-24(34-15)17-5-7-21(22(26)13-17)25(32)31(18-4-3-10-27-14-18)23-20-8-6-19(33-2)12-16(20)9-11-28-23/h5-9,11-13,18,27H,3-4,10,14H2,1-2H3/t18-/m1/s1. The first-order valence-electron chi connectivity index (χ1n) is 11.1. The van der Waals surface area contributed by atoms with Crippen molar-refractivity contribution in [2.75, 3.05) is 25.1 Å². The molecule has 9 heteroatoms. The minimum absolute atomic E-state index is 0.00266. The molecule has 0 radical (unpaired) electrons. The van der Waals surface area contributed by atoms with Crippen molar-refractivity contribution in [3.05, 3.63) is 65.0 Å². The van der Waals surface area contributed by atoms with Crippen LogP contribution in [0.4, 0.5) is 10.2 Å². The van der Waals surface area contributed by atoms with E-state index in [1.807, 2.05) is 31.2 Å². The molecule has 5 rings (SSSR count). The molecule has 1 N–H and O–H groups in total. The van der Waals surface area contributed by atoms with E-state index < -0.39 is 11.7 Å². The maximum atomic E-state index is 15.3. The van der Waals surface area contributed by atoms with Gasteiger partial charge in [-0.2, -0.15) is 0 Å². The molecule has 1 atom stereocenters. The first kappa shape index (κ1) is 22.4. The summed E-state index contributed by atoms with van der Waals surface area (Å²) in [5.74, 6) is 0.227. The molecule has 1 aliphatic rings. The molecule has 174 valence electrons. The summed E-state index contributed by atoms with van der Waals surface area (Å²) in [6, 6.07) is 12.0. The number of aryl methyl sites for hydroxylation is 1. The Kier molecular flexibility index (Phi) is 6.21. The van der Waals surface area contributed by atoms with Crippen LogP contribution in [-0.4, -0.2) is 47.3 Å². The monoisotopic (exact) mass is 477 g/mol. The number of amides is 1. The number of rotatable bonds is 5. The number of nitrogens with zero attached hydrogens (tertiary/aromatic N) is 4. The van der Waals surface area contributed by atoms with Crippen LogP contribution in [-0.2, 0) is 0 Å². The smallest absolute Gasteiger partial charge is 0.262 e. The van der Waals surface area contributed by atoms with Gasteiger partial charge in [-0.25, -0.2) is 9.37 Å². The van der Waals surface area contributed by atoms with Gasteiger partial charge in [-0.15, -0.1) is 10.2 Å². The largest absolute Gasteiger partial charge is 0.497 e. The molecule has 0 bridgehead atoms. The van der Waals surface area contributed by atoms with E-state index >= 15 is 4.39 Å². The van der Waals surface area contributed by atoms with Crippen LogP contribution in [0.25, 0.3) is 21.3 Å². The van der Waals surface area contributed by atoms with E-state index in [0.29, 0.717) is 22.9 Å². The van der Waals surface area contributed by atoms with Gasteiger partial charge in [0.25, 0.3) is 5.91 Å². The van der Waals surface area contributed by atoms with Crippen molar-refractivity contribution in [3.63, 3.8) is 0 Å². The Labute approximate surface area is 200 Å². The molecular formula is C25H24FN5O2S. The highest BCUT2D eigenvalue weighted by Gasteiger charge is 2.31. The summed E-state index contributed by atoms with van der Waals surface area (Å²) in [4.78, 5) is 20.1. The molecular weight excluding hydrogens is 453 g/mol. The van der Waals surface area contributed by atoms with Crippen molar-refractivity contribution in [2.24, 2.45) is 0 Å². The Balaban J connectivity index is 1.58. The molecule has 0 spiro atoms. The summed E-state index contributed by atoms with van der Waals surface area (Å²) in [5.41, 5.74) is 0.601. The zero-order chi connectivity index (χ0) is 23.7. The van der Waals surface area contributed by atoms with Gasteiger partial charge in [0.2, 0.25) is 0 Å². The number of pyridine rings is 1. The molecule has 1 aliphatic heterocycles. The second kappa shape index (κ2) is 9.44. The van der Waals surface area contributed by atoms with Gasteiger partial charge in [0, 0.05) is 23.7 Å². The topological polar surface area (TPSA) is 80.2 Å². The number of benzene rings is 2. The first-order valence-corrected chi connectivity index (χ1v) is 11.9. The van der Waals surface area contributed by atoms with Crippen LogP contribution in [0.2, 0.25) is 0 Å². The van der Waals surface area contributed by atoms with E-state index in [-0.39, 0.29) is 11.6 Å². The molecule has 1 fully saturated rings. The van der Waals surface area contributed by atoms with Crippen LogP contribution in [0.5, 0.6) is 5.75 Å². The molecule has 4 aromatic rings. The van der Waals surface area contributed by atoms with Gasteiger partial charge in [0.15, 0.2) is 0 Å². The fourth-order valence-corrected chi connectivity index (χ4v) is 5.00. The Morgan fingerprint density at radius 2 is 2.09 bits per heavy atom. The van der Waals surface area contributed by atoms with Gasteiger partial charge in [0.1, 0.15) is 27.4 Å². The van der Waals surface area contributed by atoms with Gasteiger partial charge in [-0.05, 0) is 68.1 Å². The molecule has 2 aromatic heterocycles. The molecule has 0 saturated carbocycles. The number of piperidine rings is 1. The van der Waals surface area contributed by atoms with Crippen LogP contribution < -0.4 is 15.0 Å². The summed E-state index contributed by atoms with van der Waals surface area (Å²) in [7, 11) is 1.61. The van der Waals surface area contributed by atoms with Crippen molar-refractivity contribution in [3.8, 4) is 16.3 Å². The number of fused-ring (bicyclic) bond motifs is 1. The van der Waals surface area contributed by atoms with Crippen molar-refractivity contribution in [1.82, 2.24) is 20.5 Å². The van der Waals surface area contributed by atoms with Gasteiger partial charge in [-0.1, -0.05) is 17.4 Å². The zero-order valence-corrected chi connectivity index (χ0v) is 19.7. The number of hydrogen-bond donors (Lipinski definition) is 1. The number of methoxy groups -OCH3 is 1. The fraction of sp³-hybridized carbons (Fsp3) is 0.280. The quantitative estimate of drug-likeness (QED) is 0.452. The molecule has 0 aliphatic carbocycles. The number of carbonyl (C=O) groups is 1. The number of carbonyl (C=O) groups excluding carboxylic acids is 1. The fourth-order valence-electron chi connectivity index (χ4n) is 4.31. The lowest BCUT2D eigenvalue weighted by Crippen LogP contribution is -2.49. The summed E-state index contributed by atoms with van der Waals surface area (Å²) >= 11 is 1.38. The van der Waals surface area contributed by atoms with Crippen molar-refractivity contribution in [1.29, 1.82) is 0 Å². The highest BCUT2D eigenvalue weighted by atomic mass is 32.1. The first-order chi connectivity index (χ1) is 16.5. The molecule has 1 saturated heterocycles. The van der Waals surface area contributed by atoms with E-state index in [1.165, 1.54) is 23.5 Å². The Hall–Kier alpha value is -3.43. The van der Waals surface area contributed by atoms with Crippen LogP contribution in [0.15, 0.2) is 48.7 Å². The molecule has 0 unspecified atom stereocenters. The minimum Gasteiger partial charge on any atom is -0.497 e. The predicted octanol–water partition coefficient (Wildman–Crippen LogP) is 4.61. The van der Waals surface area contributed by atoms with Crippen molar-refractivity contribution < 1.29 is 13.9 Å². The third-order valence-electron chi connectivity index (χ3n) is 6.01. The van der Waals surface area contributed by atoms with Crippen LogP contribution in [0, 0.1) is 12.7 Å². The molecule has 3 heterocycles. The average molecular weight is 478 g/mol. The van der Waals surface area contributed by atoms with Gasteiger partial charge in [-0.3, -0.25) is 9.69 Å². The van der Waals surface area contributed by atoms with E-state index in [9.17, 15) is 4.79 Å². The molecule has 34 heavy (non-hydrogen) atoms. The number of anilines is 1. The number of hydrogen-bond acceptors (Lipinski definition) is 7. The molecule has 7 nitrogen and oxygen atoms in total. The SMILES string of the molecule is COc1ccc2c(N(C(=O)c3ccc(-c4nnc(C)s4)cc3F)[C@@H]3CCCNC3)nccc2c1. The number of nitrogens with one attached hydrogen (secondary N) is 1. The number of aromatic nitrogens is 3. The zero-order valence-electron chi connectivity index (χ0n) is 18.9. The van der Waals surface area contributed by atoms with Gasteiger partial charge in [0.05, 0.1) is 18.7 Å². The van der Waals surface area contributed by atoms with E-state index in [1.54, 1.807) is 24.3 Å². The van der Waals surface area contributed by atoms with Crippen molar-refractivity contribution in [2.45, 2.75) is 25.8 Å². The average Bonchev–Trinajstić information content (AvgIpc) is 3.30. The number of ether oxygens (including phenoxy) is 1. The maximum absolute atomic E-state index is 15.3. The predicted molar refractivity (Wildman–Crippen MR) is 131 cm³/mol. The van der Waals surface area contributed by atoms with Crippen LogP contribution >= 0.6 is 11.3 Å². The molecule has 1 amide bonds. The van der Waals surface area contributed by atoms with Gasteiger partial charge >= 0.3 is 0 Å². The van der Waals surface area contributed by atoms with E-state index in [2.05, 4.69) is 20.5 Å². The lowest BCUT2D eigenvalue weighted by atomic mass is 10.0. The van der Waals surface area contributed by atoms with E-state index in [4.69, 9.17) is 4.74 Å². The Morgan fingerprint density at radius 3 is 2.79 bits per heavy atom. The summed E-state index contributed by atoms with van der Waals surface area (Å²) in [6.07, 6.45) is 3.40. The number of halogens is 1. The highest BCUT2D eigenvalue weighted by molar-refractivity contribution is 7.14. The minimum atomic E-state index is -0.592. The van der Waals surface area contributed by atoms with Crippen LogP contribution in [0.1, 0.15) is 28.2 Å². The van der Waals surface area contributed by atoms with Gasteiger partial charge < -0.3 is 10.1 Å². The second-order valence-corrected chi connectivity index (χ2v) is 9.40. The molecule has 2 aromatic carbocycles. The summed E-state index contributed by atoms with van der Waals surface area (Å²) < 4.78 is 20.7. The normalized spacial score (nSPS) is 15.9. The Bertz CT molecular complexity index is 1350. The summed E-state index contributed by atoms with van der Waals surface area (Å²) in [5, 5.41) is 14.6. The lowest BCUT2D eigenvalue weighted by Gasteiger charge is -2.34. The second-order valence-electron chi connectivity index (χ2n) is 8.22. The lowest BCUT2D eigenvalue weighted by molar-refractivity contribution is 0.0968. The third-order valence-corrected chi connectivity index (χ3v) is 6.89. The maximum Gasteiger partial charge on any atom is 0.262 e. The Morgan fingerprint density at radius 1 is 1.21 bits per heavy atom. The third kappa shape index (κ3) is 4.24. The van der Waals surface area contributed by atoms with Crippen molar-refractivity contribution >= 4 is 33.8 Å². The summed E-state index contributed by atoms with van der Waals surface area (Å²) in [6.45, 7) is 3.35.